The molecule has 1 aliphatic rings. The number of halogens is 1. The van der Waals surface area contributed by atoms with Gasteiger partial charge in [-0.05, 0) is 43.2 Å². The molecule has 3 rings (SSSR count). The van der Waals surface area contributed by atoms with Crippen LogP contribution in [0.2, 0.25) is 0 Å². The molecular formula is C25H29BrN6O5. The molecule has 0 bridgehead atoms. The molecule has 1 amide bonds. The van der Waals surface area contributed by atoms with Gasteiger partial charge in [-0.2, -0.15) is 5.26 Å². The molecule has 2 aromatic carbocycles. The molecule has 0 saturated carbocycles. The first-order valence-electron chi connectivity index (χ1n) is 11.5. The lowest BCUT2D eigenvalue weighted by Crippen LogP contribution is -2.42. The summed E-state index contributed by atoms with van der Waals surface area (Å²) in [7, 11) is 0. The molecule has 2 aromatic rings. The van der Waals surface area contributed by atoms with Crippen molar-refractivity contribution >= 4 is 45.1 Å². The number of carboxylic acids is 1. The summed E-state index contributed by atoms with van der Waals surface area (Å²) in [5.74, 6) is -1.15. The number of carbonyl (C=O) groups excluding carboxylic acids is 1. The van der Waals surface area contributed by atoms with Crippen molar-refractivity contribution in [3.63, 3.8) is 0 Å². The lowest BCUT2D eigenvalue weighted by Gasteiger charge is -2.22. The highest BCUT2D eigenvalue weighted by atomic mass is 79.9. The van der Waals surface area contributed by atoms with Gasteiger partial charge in [0, 0.05) is 34.5 Å². The van der Waals surface area contributed by atoms with Crippen molar-refractivity contribution in [1.82, 2.24) is 10.6 Å². The first kappa shape index (κ1) is 27.8. The van der Waals surface area contributed by atoms with Crippen molar-refractivity contribution in [1.29, 1.82) is 5.26 Å². The Morgan fingerprint density at radius 2 is 1.97 bits per heavy atom. The van der Waals surface area contributed by atoms with E-state index in [2.05, 4.69) is 48.3 Å². The molecule has 0 saturated heterocycles. The number of amides is 1. The molecule has 0 fully saturated rings. The Hall–Kier alpha value is -3.82. The zero-order valence-corrected chi connectivity index (χ0v) is 22.0. The highest BCUT2D eigenvalue weighted by Crippen LogP contribution is 2.30. The van der Waals surface area contributed by atoms with E-state index in [0.29, 0.717) is 39.5 Å². The number of aliphatic imine (C=N–C) groups is 1. The number of guanidine groups is 1. The second kappa shape index (κ2) is 11.9. The molecule has 196 valence electrons. The second-order valence-corrected chi connectivity index (χ2v) is 10.1. The minimum atomic E-state index is -1.09. The van der Waals surface area contributed by atoms with Crippen molar-refractivity contribution in [2.24, 2.45) is 4.99 Å². The van der Waals surface area contributed by atoms with Crippen LogP contribution in [-0.4, -0.2) is 58.9 Å². The van der Waals surface area contributed by atoms with Crippen LogP contribution in [0.4, 0.5) is 11.4 Å². The van der Waals surface area contributed by atoms with E-state index in [9.17, 15) is 30.2 Å². The van der Waals surface area contributed by atoms with Crippen molar-refractivity contribution in [3.8, 4) is 11.8 Å². The number of aliphatic hydroxyl groups is 1. The molecule has 7 N–H and O–H groups in total. The summed E-state index contributed by atoms with van der Waals surface area (Å²) >= 11 is 3.41. The molecule has 0 aliphatic carbocycles. The molecule has 0 radical (unpaired) electrons. The number of aliphatic carboxylic acids is 1. The van der Waals surface area contributed by atoms with Gasteiger partial charge < -0.3 is 36.6 Å². The minimum Gasteiger partial charge on any atom is -0.508 e. The van der Waals surface area contributed by atoms with E-state index in [0.717, 1.165) is 0 Å². The predicted molar refractivity (Wildman–Crippen MR) is 142 cm³/mol. The van der Waals surface area contributed by atoms with Gasteiger partial charge >= 0.3 is 5.97 Å². The molecule has 0 aromatic heterocycles. The first-order chi connectivity index (χ1) is 17.4. The highest BCUT2D eigenvalue weighted by molar-refractivity contribution is 9.10. The van der Waals surface area contributed by atoms with E-state index in [4.69, 9.17) is 0 Å². The van der Waals surface area contributed by atoms with Gasteiger partial charge in [0.15, 0.2) is 5.96 Å². The maximum atomic E-state index is 12.8. The summed E-state index contributed by atoms with van der Waals surface area (Å²) in [4.78, 5) is 28.5. The quantitative estimate of drug-likeness (QED) is 0.237. The van der Waals surface area contributed by atoms with E-state index in [1.54, 1.807) is 38.1 Å². The number of rotatable bonds is 9. The van der Waals surface area contributed by atoms with E-state index >= 15 is 0 Å². The molecule has 2 unspecified atom stereocenters. The van der Waals surface area contributed by atoms with Crippen LogP contribution in [0, 0.1) is 11.3 Å². The number of hydrogen-bond acceptors (Lipinski definition) is 9. The third-order valence-electron chi connectivity index (χ3n) is 5.64. The Kier molecular flexibility index (Phi) is 8.96. The van der Waals surface area contributed by atoms with Gasteiger partial charge in [-0.15, -0.1) is 0 Å². The number of aromatic hydroxyl groups is 1. The number of nitrogens with one attached hydrogen (secondary N) is 4. The standard InChI is InChI=1S/C25H29BrN6O5/c1-25(2,13-27)15-3-14(4-16(26)5-15)21(9-23(36)37)32-22(35)12-28-17-6-18(8-19(33)7-17)31-24-29-10-20(34)11-30-24/h3-8,20-21,28,33-34H,9-12H2,1-2H3,(H,32,35)(H,36,37)(H2,29,30,31). The van der Waals surface area contributed by atoms with E-state index in [-0.39, 0.29) is 25.3 Å². The summed E-state index contributed by atoms with van der Waals surface area (Å²) in [6.07, 6.45) is -0.907. The Bertz CT molecular complexity index is 1240. The van der Waals surface area contributed by atoms with Crippen LogP contribution in [0.25, 0.3) is 0 Å². The summed E-state index contributed by atoms with van der Waals surface area (Å²) in [6, 6.07) is 11.2. The van der Waals surface area contributed by atoms with Crippen molar-refractivity contribution in [3.05, 3.63) is 52.0 Å². The van der Waals surface area contributed by atoms with Crippen molar-refractivity contribution < 1.29 is 24.9 Å². The molecule has 1 aliphatic heterocycles. The Morgan fingerprint density at radius 1 is 1.24 bits per heavy atom. The number of carboxylic acid groups (broad SMARTS) is 1. The summed E-state index contributed by atoms with van der Waals surface area (Å²) < 4.78 is 0.664. The van der Waals surface area contributed by atoms with Crippen molar-refractivity contribution in [2.45, 2.75) is 37.8 Å². The zero-order chi connectivity index (χ0) is 27.2. The topological polar surface area (TPSA) is 179 Å². The molecule has 1 heterocycles. The van der Waals surface area contributed by atoms with Crippen LogP contribution in [0.1, 0.15) is 37.4 Å². The van der Waals surface area contributed by atoms with Gasteiger partial charge in [-0.3, -0.25) is 14.6 Å². The Morgan fingerprint density at radius 3 is 2.62 bits per heavy atom. The SMILES string of the molecule is CC(C)(C#N)c1cc(Br)cc(C(CC(=O)O)NC(=O)CNc2cc(O)cc(NC3=NCC(O)CN3)c2)c1. The number of nitriles is 1. The largest absolute Gasteiger partial charge is 0.508 e. The predicted octanol–water partition coefficient (Wildman–Crippen LogP) is 2.43. The number of phenolic OH excluding ortho intramolecular Hbond substituents is 1. The smallest absolute Gasteiger partial charge is 0.305 e. The summed E-state index contributed by atoms with van der Waals surface area (Å²) in [6.45, 7) is 3.93. The average Bonchev–Trinajstić information content (AvgIpc) is 2.83. The molecule has 2 atom stereocenters. The number of phenols is 1. The van der Waals surface area contributed by atoms with E-state index in [1.165, 1.54) is 12.1 Å². The van der Waals surface area contributed by atoms with Gasteiger partial charge in [0.25, 0.3) is 0 Å². The molecule has 12 heteroatoms. The maximum absolute atomic E-state index is 12.8. The number of hydrogen-bond donors (Lipinski definition) is 7. The number of aliphatic hydroxyl groups excluding tert-OH is 1. The number of carbonyl (C=O) groups is 2. The molecule has 37 heavy (non-hydrogen) atoms. The zero-order valence-electron chi connectivity index (χ0n) is 20.4. The number of β-amino-alcohol motifs (C(OH)–C–C–N with tert-alkyl or cyclic N) is 1. The normalized spacial score (nSPS) is 16.0. The van der Waals surface area contributed by atoms with Gasteiger partial charge in [0.1, 0.15) is 5.75 Å². The lowest BCUT2D eigenvalue weighted by molar-refractivity contribution is -0.137. The van der Waals surface area contributed by atoms with Crippen LogP contribution < -0.4 is 21.3 Å². The van der Waals surface area contributed by atoms with Crippen molar-refractivity contribution in [2.75, 3.05) is 30.3 Å². The van der Waals surface area contributed by atoms with E-state index < -0.39 is 29.4 Å². The molecular weight excluding hydrogens is 544 g/mol. The molecule has 0 spiro atoms. The van der Waals surface area contributed by atoms with Crippen LogP contribution >= 0.6 is 15.9 Å². The number of anilines is 2. The van der Waals surface area contributed by atoms with Crippen LogP contribution in [0.5, 0.6) is 5.75 Å². The first-order valence-corrected chi connectivity index (χ1v) is 12.3. The average molecular weight is 573 g/mol. The lowest BCUT2D eigenvalue weighted by atomic mass is 9.84. The summed E-state index contributed by atoms with van der Waals surface area (Å²) in [5.41, 5.74) is 1.39. The fourth-order valence-corrected chi connectivity index (χ4v) is 4.14. The number of benzene rings is 2. The third kappa shape index (κ3) is 8.09. The summed E-state index contributed by atoms with van der Waals surface area (Å²) in [5, 5.41) is 50.1. The molecule has 11 nitrogen and oxygen atoms in total. The van der Waals surface area contributed by atoms with Gasteiger partial charge in [0.05, 0.1) is 43.1 Å². The second-order valence-electron chi connectivity index (χ2n) is 9.20. The minimum absolute atomic E-state index is 0.0464. The van der Waals surface area contributed by atoms with Gasteiger partial charge in [-0.25, -0.2) is 0 Å². The van der Waals surface area contributed by atoms with E-state index in [1.807, 2.05) is 0 Å². The highest BCUT2D eigenvalue weighted by Gasteiger charge is 2.24. The van der Waals surface area contributed by atoms with Gasteiger partial charge in [-0.1, -0.05) is 22.0 Å². The van der Waals surface area contributed by atoms with Crippen LogP contribution in [-0.2, 0) is 15.0 Å². The van der Waals surface area contributed by atoms with Gasteiger partial charge in [0.2, 0.25) is 5.91 Å². The van der Waals surface area contributed by atoms with Crippen LogP contribution in [0.15, 0.2) is 45.9 Å². The third-order valence-corrected chi connectivity index (χ3v) is 6.09. The fourth-order valence-electron chi connectivity index (χ4n) is 3.63. The maximum Gasteiger partial charge on any atom is 0.305 e. The van der Waals surface area contributed by atoms with Crippen LogP contribution in [0.3, 0.4) is 0 Å². The Balaban J connectivity index is 1.70. The fraction of sp³-hybridized carbons (Fsp3) is 0.360. The monoisotopic (exact) mass is 572 g/mol. The number of nitrogens with zero attached hydrogens (tertiary/aromatic N) is 2. The Labute approximate surface area is 222 Å².